The van der Waals surface area contributed by atoms with E-state index in [1.807, 2.05) is 0 Å². The van der Waals surface area contributed by atoms with Gasteiger partial charge >= 0.3 is 0 Å². The summed E-state index contributed by atoms with van der Waals surface area (Å²) in [5.74, 6) is 5.61. The maximum atomic E-state index is 5.61. The molecule has 0 aromatic carbocycles. The van der Waals surface area contributed by atoms with Crippen LogP contribution in [0.3, 0.4) is 0 Å². The highest BCUT2D eigenvalue weighted by atomic mass is 14.6. The van der Waals surface area contributed by atoms with E-state index in [9.17, 15) is 0 Å². The Labute approximate surface area is 74.0 Å². The van der Waals surface area contributed by atoms with Crippen LogP contribution in [0.2, 0.25) is 0 Å². The van der Waals surface area contributed by atoms with Gasteiger partial charge < -0.3 is 0 Å². The molecule has 0 saturated heterocycles. The Morgan fingerprint density at radius 1 is 1.25 bits per heavy atom. The molecule has 0 heteroatoms. The molecule has 62 valence electrons. The highest BCUT2D eigenvalue weighted by Crippen LogP contribution is 2.61. The molecule has 0 aliphatic heterocycles. The fourth-order valence-corrected chi connectivity index (χ4v) is 3.17. The van der Waals surface area contributed by atoms with Crippen molar-refractivity contribution in [1.29, 1.82) is 0 Å². The summed E-state index contributed by atoms with van der Waals surface area (Å²) in [7, 11) is 0. The molecule has 0 aromatic heterocycles. The fraction of sp³-hybridized carbons (Fsp3) is 0.667. The molecule has 0 radical (unpaired) electrons. The van der Waals surface area contributed by atoms with Gasteiger partial charge in [-0.05, 0) is 43.4 Å². The lowest BCUT2D eigenvalue weighted by atomic mass is 9.80. The second-order valence-corrected chi connectivity index (χ2v) is 4.69. The van der Waals surface area contributed by atoms with Crippen molar-refractivity contribution < 1.29 is 0 Å². The van der Waals surface area contributed by atoms with Gasteiger partial charge in [0.1, 0.15) is 0 Å². The average molecular weight is 158 g/mol. The second kappa shape index (κ2) is 1.96. The van der Waals surface area contributed by atoms with Gasteiger partial charge in [0.2, 0.25) is 0 Å². The Morgan fingerprint density at radius 3 is 2.50 bits per heavy atom. The first-order valence-electron chi connectivity index (χ1n) is 5.00. The van der Waals surface area contributed by atoms with Crippen LogP contribution in [0.1, 0.15) is 25.7 Å². The molecular weight excluding hydrogens is 144 g/mol. The van der Waals surface area contributed by atoms with E-state index in [0.29, 0.717) is 5.41 Å². The van der Waals surface area contributed by atoms with E-state index in [1.165, 1.54) is 25.7 Å². The SMILES string of the molecule is C#CC1(C2CC3C=CC2C3)CC1. The number of hydrogen-bond donors (Lipinski definition) is 0. The van der Waals surface area contributed by atoms with Gasteiger partial charge in [-0.15, -0.1) is 6.42 Å². The molecule has 3 unspecified atom stereocenters. The van der Waals surface area contributed by atoms with E-state index in [0.717, 1.165) is 17.8 Å². The molecule has 12 heavy (non-hydrogen) atoms. The molecule has 0 heterocycles. The van der Waals surface area contributed by atoms with E-state index in [4.69, 9.17) is 6.42 Å². The molecule has 3 rings (SSSR count). The number of allylic oxidation sites excluding steroid dienone is 2. The van der Waals surface area contributed by atoms with Gasteiger partial charge in [0.25, 0.3) is 0 Å². The lowest BCUT2D eigenvalue weighted by Crippen LogP contribution is -2.18. The van der Waals surface area contributed by atoms with Gasteiger partial charge in [-0.2, -0.15) is 0 Å². The minimum Gasteiger partial charge on any atom is -0.120 e. The largest absolute Gasteiger partial charge is 0.120 e. The molecule has 0 N–H and O–H groups in total. The quantitative estimate of drug-likeness (QED) is 0.406. The summed E-state index contributed by atoms with van der Waals surface area (Å²) in [6, 6.07) is 0. The van der Waals surface area contributed by atoms with Crippen molar-refractivity contribution in [2.45, 2.75) is 25.7 Å². The molecule has 0 amide bonds. The van der Waals surface area contributed by atoms with Crippen LogP contribution in [0.25, 0.3) is 0 Å². The molecule has 0 aromatic rings. The first-order valence-corrected chi connectivity index (χ1v) is 5.00. The van der Waals surface area contributed by atoms with Crippen LogP contribution in [0.4, 0.5) is 0 Å². The third-order valence-electron chi connectivity index (χ3n) is 4.06. The minimum absolute atomic E-state index is 0.351. The third kappa shape index (κ3) is 0.698. The van der Waals surface area contributed by atoms with Crippen molar-refractivity contribution in [3.63, 3.8) is 0 Å². The standard InChI is InChI=1S/C12H14/c1-2-12(5-6-12)11-8-9-3-4-10(11)7-9/h1,3-4,9-11H,5-8H2. The van der Waals surface area contributed by atoms with Crippen LogP contribution in [-0.2, 0) is 0 Å². The highest BCUT2D eigenvalue weighted by Gasteiger charge is 2.54. The zero-order chi connectivity index (χ0) is 8.18. The van der Waals surface area contributed by atoms with Gasteiger partial charge in [-0.3, -0.25) is 0 Å². The van der Waals surface area contributed by atoms with E-state index in [1.54, 1.807) is 0 Å². The molecule has 2 saturated carbocycles. The summed E-state index contributed by atoms with van der Waals surface area (Å²) >= 11 is 0. The summed E-state index contributed by atoms with van der Waals surface area (Å²) in [5, 5.41) is 0. The zero-order valence-electron chi connectivity index (χ0n) is 7.29. The Kier molecular flexibility index (Phi) is 1.11. The van der Waals surface area contributed by atoms with Crippen LogP contribution in [-0.4, -0.2) is 0 Å². The number of terminal acetylenes is 1. The van der Waals surface area contributed by atoms with E-state index in [2.05, 4.69) is 18.1 Å². The highest BCUT2D eigenvalue weighted by molar-refractivity contribution is 5.24. The average Bonchev–Trinajstić information content (AvgIpc) is 2.62. The fourth-order valence-electron chi connectivity index (χ4n) is 3.17. The molecule has 2 fully saturated rings. The second-order valence-electron chi connectivity index (χ2n) is 4.69. The summed E-state index contributed by atoms with van der Waals surface area (Å²) < 4.78 is 0. The van der Waals surface area contributed by atoms with Gasteiger partial charge in [-0.1, -0.05) is 18.1 Å². The molecule has 3 aliphatic rings. The Hall–Kier alpha value is -0.700. The molecular formula is C12H14. The van der Waals surface area contributed by atoms with E-state index in [-0.39, 0.29) is 0 Å². The van der Waals surface area contributed by atoms with Crippen molar-refractivity contribution in [3.05, 3.63) is 12.2 Å². The van der Waals surface area contributed by atoms with Gasteiger partial charge in [0, 0.05) is 5.41 Å². The van der Waals surface area contributed by atoms with Crippen LogP contribution in [0, 0.1) is 35.5 Å². The molecule has 3 atom stereocenters. The predicted molar refractivity (Wildman–Crippen MR) is 49.3 cm³/mol. The first-order chi connectivity index (χ1) is 5.84. The third-order valence-corrected chi connectivity index (χ3v) is 4.06. The van der Waals surface area contributed by atoms with E-state index < -0.39 is 0 Å². The Bertz CT molecular complexity index is 275. The number of hydrogen-bond acceptors (Lipinski definition) is 0. The van der Waals surface area contributed by atoms with Crippen LogP contribution in [0.15, 0.2) is 12.2 Å². The first kappa shape index (κ1) is 6.78. The summed E-state index contributed by atoms with van der Waals surface area (Å²) in [5.41, 5.74) is 0.351. The Balaban J connectivity index is 1.88. The molecule has 0 nitrogen and oxygen atoms in total. The normalized spacial score (nSPS) is 46.1. The smallest absolute Gasteiger partial charge is 0.0347 e. The molecule has 0 spiro atoms. The van der Waals surface area contributed by atoms with E-state index >= 15 is 0 Å². The molecule has 2 bridgehead atoms. The molecule has 3 aliphatic carbocycles. The van der Waals surface area contributed by atoms with Crippen molar-refractivity contribution in [3.8, 4) is 12.3 Å². The van der Waals surface area contributed by atoms with Crippen LogP contribution >= 0.6 is 0 Å². The lowest BCUT2D eigenvalue weighted by Gasteiger charge is -2.23. The topological polar surface area (TPSA) is 0 Å². The predicted octanol–water partition coefficient (Wildman–Crippen LogP) is 2.61. The van der Waals surface area contributed by atoms with Gasteiger partial charge in [-0.25, -0.2) is 0 Å². The number of rotatable bonds is 1. The van der Waals surface area contributed by atoms with Gasteiger partial charge in [0.15, 0.2) is 0 Å². The lowest BCUT2D eigenvalue weighted by molar-refractivity contribution is 0.331. The summed E-state index contributed by atoms with van der Waals surface area (Å²) in [6.45, 7) is 0. The van der Waals surface area contributed by atoms with Crippen LogP contribution in [0.5, 0.6) is 0 Å². The Morgan fingerprint density at radius 2 is 2.08 bits per heavy atom. The van der Waals surface area contributed by atoms with Crippen molar-refractivity contribution in [1.82, 2.24) is 0 Å². The summed E-state index contributed by atoms with van der Waals surface area (Å²) in [6.07, 6.45) is 15.8. The maximum absolute atomic E-state index is 5.61. The van der Waals surface area contributed by atoms with Crippen molar-refractivity contribution in [2.75, 3.05) is 0 Å². The van der Waals surface area contributed by atoms with Gasteiger partial charge in [0.05, 0.1) is 0 Å². The summed E-state index contributed by atoms with van der Waals surface area (Å²) in [4.78, 5) is 0. The van der Waals surface area contributed by atoms with Crippen molar-refractivity contribution in [2.24, 2.45) is 23.2 Å². The monoisotopic (exact) mass is 158 g/mol. The van der Waals surface area contributed by atoms with Crippen molar-refractivity contribution >= 4 is 0 Å². The van der Waals surface area contributed by atoms with Crippen LogP contribution < -0.4 is 0 Å². The minimum atomic E-state index is 0.351. The maximum Gasteiger partial charge on any atom is 0.0347 e. The number of fused-ring (bicyclic) bond motifs is 2. The zero-order valence-corrected chi connectivity index (χ0v) is 7.29.